The number of rotatable bonds is 7. The van der Waals surface area contributed by atoms with E-state index in [0.717, 1.165) is 17.7 Å². The van der Waals surface area contributed by atoms with Crippen molar-refractivity contribution in [2.45, 2.75) is 37.2 Å². The molecule has 1 aromatic carbocycles. The molecule has 2 heterocycles. The molecule has 0 aliphatic heterocycles. The van der Waals surface area contributed by atoms with Crippen molar-refractivity contribution in [1.82, 2.24) is 19.1 Å². The Morgan fingerprint density at radius 1 is 1.28 bits per heavy atom. The lowest BCUT2D eigenvalue weighted by Gasteiger charge is -2.10. The van der Waals surface area contributed by atoms with E-state index in [9.17, 15) is 13.2 Å². The fourth-order valence-electron chi connectivity index (χ4n) is 3.00. The highest BCUT2D eigenvalue weighted by Gasteiger charge is 2.30. The SMILES string of the molecule is Cc1cc(S(=O)(=O)NCCn2nc(-c3cccs3)n(C3CC3)c2=O)c(Cl)cc1Cl. The maximum absolute atomic E-state index is 12.8. The van der Waals surface area contributed by atoms with Gasteiger partial charge in [0.05, 0.1) is 16.4 Å². The molecule has 0 bridgehead atoms. The average Bonchev–Trinajstić information content (AvgIpc) is 3.23. The number of benzene rings is 1. The van der Waals surface area contributed by atoms with E-state index in [0.29, 0.717) is 16.4 Å². The van der Waals surface area contributed by atoms with Gasteiger partial charge in [0.1, 0.15) is 4.90 Å². The number of sulfonamides is 1. The van der Waals surface area contributed by atoms with Crippen LogP contribution in [0.25, 0.3) is 10.7 Å². The second-order valence-electron chi connectivity index (χ2n) is 6.84. The van der Waals surface area contributed by atoms with Crippen LogP contribution in [-0.2, 0) is 16.6 Å². The van der Waals surface area contributed by atoms with Crippen LogP contribution in [0, 0.1) is 6.92 Å². The summed E-state index contributed by atoms with van der Waals surface area (Å²) in [5, 5.41) is 6.82. The predicted octanol–water partition coefficient (Wildman–Crippen LogP) is 3.70. The largest absolute Gasteiger partial charge is 0.346 e. The minimum absolute atomic E-state index is 0.00576. The molecule has 1 aliphatic carbocycles. The number of thiophene rings is 1. The summed E-state index contributed by atoms with van der Waals surface area (Å²) < 4.78 is 30.7. The highest BCUT2D eigenvalue weighted by atomic mass is 35.5. The highest BCUT2D eigenvalue weighted by molar-refractivity contribution is 7.89. The van der Waals surface area contributed by atoms with E-state index < -0.39 is 10.0 Å². The molecule has 4 rings (SSSR count). The number of aryl methyl sites for hydroxylation is 1. The van der Waals surface area contributed by atoms with Gasteiger partial charge in [-0.2, -0.15) is 0 Å². The van der Waals surface area contributed by atoms with Crippen LogP contribution >= 0.6 is 34.5 Å². The second kappa shape index (κ2) is 7.88. The fraction of sp³-hybridized carbons (Fsp3) is 0.333. The predicted molar refractivity (Wildman–Crippen MR) is 114 cm³/mol. The molecule has 0 unspecified atom stereocenters. The van der Waals surface area contributed by atoms with Gasteiger partial charge in [0.15, 0.2) is 5.82 Å². The highest BCUT2D eigenvalue weighted by Crippen LogP contribution is 2.37. The minimum Gasteiger partial charge on any atom is -0.271 e. The van der Waals surface area contributed by atoms with E-state index in [1.807, 2.05) is 17.5 Å². The first-order valence-corrected chi connectivity index (χ1v) is 12.1. The third-order valence-corrected chi connectivity index (χ3v) is 7.84. The molecule has 7 nitrogen and oxygen atoms in total. The zero-order valence-electron chi connectivity index (χ0n) is 15.4. The summed E-state index contributed by atoms with van der Waals surface area (Å²) >= 11 is 13.6. The molecule has 3 aromatic rings. The van der Waals surface area contributed by atoms with E-state index in [-0.39, 0.29) is 34.7 Å². The van der Waals surface area contributed by atoms with Crippen molar-refractivity contribution in [3.63, 3.8) is 0 Å². The summed E-state index contributed by atoms with van der Waals surface area (Å²) in [5.74, 6) is 0.631. The zero-order chi connectivity index (χ0) is 20.8. The Labute approximate surface area is 181 Å². The molecule has 1 aliphatic rings. The first-order chi connectivity index (χ1) is 13.8. The van der Waals surface area contributed by atoms with E-state index >= 15 is 0 Å². The van der Waals surface area contributed by atoms with Gasteiger partial charge in [-0.25, -0.2) is 22.6 Å². The summed E-state index contributed by atoms with van der Waals surface area (Å²) in [6.45, 7) is 1.82. The van der Waals surface area contributed by atoms with E-state index in [4.69, 9.17) is 23.2 Å². The van der Waals surface area contributed by atoms with Crippen LogP contribution < -0.4 is 10.4 Å². The van der Waals surface area contributed by atoms with Gasteiger partial charge < -0.3 is 0 Å². The Balaban J connectivity index is 1.54. The molecule has 0 amide bonds. The lowest BCUT2D eigenvalue weighted by atomic mass is 10.2. The molecule has 0 atom stereocenters. The molecule has 0 saturated heterocycles. The molecular weight excluding hydrogens is 455 g/mol. The lowest BCUT2D eigenvalue weighted by Crippen LogP contribution is -2.32. The number of nitrogens with one attached hydrogen (secondary N) is 1. The van der Waals surface area contributed by atoms with Gasteiger partial charge >= 0.3 is 5.69 Å². The van der Waals surface area contributed by atoms with Gasteiger partial charge in [0, 0.05) is 17.6 Å². The van der Waals surface area contributed by atoms with Crippen LogP contribution in [0.15, 0.2) is 39.3 Å². The third-order valence-electron chi connectivity index (χ3n) is 4.64. The molecule has 11 heteroatoms. The summed E-state index contributed by atoms with van der Waals surface area (Å²) in [7, 11) is -3.85. The molecule has 1 N–H and O–H groups in total. The van der Waals surface area contributed by atoms with Crippen LogP contribution in [-0.4, -0.2) is 29.3 Å². The van der Waals surface area contributed by atoms with Crippen molar-refractivity contribution in [1.29, 1.82) is 0 Å². The summed E-state index contributed by atoms with van der Waals surface area (Å²) in [6, 6.07) is 6.83. The molecule has 0 spiro atoms. The Kier molecular flexibility index (Phi) is 5.60. The van der Waals surface area contributed by atoms with Crippen molar-refractivity contribution in [3.05, 3.63) is 55.7 Å². The van der Waals surface area contributed by atoms with Crippen molar-refractivity contribution in [2.75, 3.05) is 6.54 Å². The zero-order valence-corrected chi connectivity index (χ0v) is 18.6. The Morgan fingerprint density at radius 3 is 2.69 bits per heavy atom. The Hall–Kier alpha value is -1.65. The van der Waals surface area contributed by atoms with E-state index in [1.54, 1.807) is 11.5 Å². The van der Waals surface area contributed by atoms with Gasteiger partial charge in [-0.15, -0.1) is 16.4 Å². The van der Waals surface area contributed by atoms with Crippen LogP contribution in [0.1, 0.15) is 24.4 Å². The molecule has 2 aromatic heterocycles. The minimum atomic E-state index is -3.85. The molecule has 154 valence electrons. The molecule has 29 heavy (non-hydrogen) atoms. The Bertz CT molecular complexity index is 1210. The van der Waals surface area contributed by atoms with Crippen molar-refractivity contribution in [3.8, 4) is 10.7 Å². The van der Waals surface area contributed by atoms with E-state index in [1.165, 1.54) is 28.2 Å². The van der Waals surface area contributed by atoms with Crippen LogP contribution in [0.5, 0.6) is 0 Å². The number of hydrogen-bond acceptors (Lipinski definition) is 5. The lowest BCUT2D eigenvalue weighted by molar-refractivity contribution is 0.547. The number of halogens is 2. The number of aromatic nitrogens is 3. The quantitative estimate of drug-likeness (QED) is 0.567. The first-order valence-electron chi connectivity index (χ1n) is 8.96. The molecule has 0 radical (unpaired) electrons. The third kappa shape index (κ3) is 4.15. The van der Waals surface area contributed by atoms with Crippen LogP contribution in [0.3, 0.4) is 0 Å². The molecule has 1 saturated carbocycles. The molecular formula is C18H18Cl2N4O3S2. The number of hydrogen-bond donors (Lipinski definition) is 1. The maximum Gasteiger partial charge on any atom is 0.346 e. The standard InChI is InChI=1S/C18H18Cl2N4O3S2/c1-11-9-16(14(20)10-13(11)19)29(26,27)21-6-7-23-18(25)24(12-4-5-12)17(22-23)15-3-2-8-28-15/h2-3,8-10,12,21H,4-7H2,1H3. The second-order valence-corrected chi connectivity index (χ2v) is 10.3. The summed E-state index contributed by atoms with van der Waals surface area (Å²) in [4.78, 5) is 13.7. The van der Waals surface area contributed by atoms with Crippen molar-refractivity contribution in [2.24, 2.45) is 0 Å². The number of nitrogens with zero attached hydrogens (tertiary/aromatic N) is 3. The van der Waals surface area contributed by atoms with Gasteiger partial charge in [0.25, 0.3) is 0 Å². The topological polar surface area (TPSA) is 86.0 Å². The van der Waals surface area contributed by atoms with Gasteiger partial charge in [-0.3, -0.25) is 4.57 Å². The van der Waals surface area contributed by atoms with Crippen molar-refractivity contribution < 1.29 is 8.42 Å². The first kappa shape index (κ1) is 20.6. The average molecular weight is 473 g/mol. The Morgan fingerprint density at radius 2 is 2.03 bits per heavy atom. The van der Waals surface area contributed by atoms with Crippen molar-refractivity contribution >= 4 is 44.6 Å². The van der Waals surface area contributed by atoms with Crippen LogP contribution in [0.2, 0.25) is 10.0 Å². The summed E-state index contributed by atoms with van der Waals surface area (Å²) in [6.07, 6.45) is 1.90. The smallest absolute Gasteiger partial charge is 0.271 e. The maximum atomic E-state index is 12.8. The van der Waals surface area contributed by atoms with Crippen LogP contribution in [0.4, 0.5) is 0 Å². The monoisotopic (exact) mass is 472 g/mol. The van der Waals surface area contributed by atoms with E-state index in [2.05, 4.69) is 9.82 Å². The van der Waals surface area contributed by atoms with Gasteiger partial charge in [0.2, 0.25) is 10.0 Å². The van der Waals surface area contributed by atoms with Gasteiger partial charge in [-0.05, 0) is 48.9 Å². The van der Waals surface area contributed by atoms with Gasteiger partial charge in [-0.1, -0.05) is 29.3 Å². The fourth-order valence-corrected chi connectivity index (χ4v) is 5.56. The normalized spacial score (nSPS) is 14.4. The molecule has 1 fully saturated rings. The summed E-state index contributed by atoms with van der Waals surface area (Å²) in [5.41, 5.74) is 0.381.